The van der Waals surface area contributed by atoms with Gasteiger partial charge in [-0.3, -0.25) is 4.79 Å². The number of carboxylic acids is 1. The average molecular weight is 296 g/mol. The predicted molar refractivity (Wildman–Crippen MR) is 87.1 cm³/mol. The van der Waals surface area contributed by atoms with Crippen molar-refractivity contribution < 1.29 is 27.7 Å². The van der Waals surface area contributed by atoms with Gasteiger partial charge in [0.2, 0.25) is 0 Å². The fourth-order valence-corrected chi connectivity index (χ4v) is 1.70. The molecule has 0 aromatic heterocycles. The molecule has 0 saturated carbocycles. The Balaban J connectivity index is 4.95. The molecule has 0 bridgehead atoms. The van der Waals surface area contributed by atoms with Gasteiger partial charge in [-0.15, -0.1) is 0 Å². The van der Waals surface area contributed by atoms with Gasteiger partial charge in [-0.1, -0.05) is 70.2 Å². The van der Waals surface area contributed by atoms with Crippen LogP contribution >= 0.6 is 0 Å². The predicted octanol–water partition coefficient (Wildman–Crippen LogP) is 6.11. The first-order valence-electron chi connectivity index (χ1n) is 13.6. The number of unbranched alkanes of at least 4 members (excludes halogenated alkanes) is 7. The minimum absolute atomic E-state index is 0.153. The zero-order chi connectivity index (χ0) is 26.4. The highest BCUT2D eigenvalue weighted by Gasteiger charge is 1.96. The molecule has 2 heteroatoms. The molecule has 0 fully saturated rings. The molecule has 0 aliphatic carbocycles. The maximum absolute atomic E-state index is 10.4. The molecule has 2 nitrogen and oxygen atoms in total. The van der Waals surface area contributed by atoms with E-state index in [1.807, 2.05) is 0 Å². The van der Waals surface area contributed by atoms with Crippen molar-refractivity contribution in [1.82, 2.24) is 0 Å². The lowest BCUT2D eigenvalue weighted by Gasteiger charge is -2.00. The fourth-order valence-electron chi connectivity index (χ4n) is 1.70. The van der Waals surface area contributed by atoms with E-state index in [1.54, 1.807) is 0 Å². The Labute approximate surface area is 143 Å². The molecule has 0 saturated heterocycles. The number of aliphatic carboxylic acids is 1. The summed E-state index contributed by atoms with van der Waals surface area (Å²) < 4.78 is 100.0. The molecule has 118 valence electrons. The summed E-state index contributed by atoms with van der Waals surface area (Å²) in [5.41, 5.74) is 0. The van der Waals surface area contributed by atoms with Gasteiger partial charge in [-0.2, -0.15) is 0 Å². The minimum Gasteiger partial charge on any atom is -0.481 e. The largest absolute Gasteiger partial charge is 0.481 e. The lowest BCUT2D eigenvalue weighted by Crippen LogP contribution is -1.93. The molecule has 0 aromatic carbocycles. The van der Waals surface area contributed by atoms with Gasteiger partial charge in [-0.25, -0.2) is 0 Å². The van der Waals surface area contributed by atoms with Crippen LogP contribution in [0, 0.1) is 0 Å². The van der Waals surface area contributed by atoms with Crippen molar-refractivity contribution >= 4 is 5.97 Å². The lowest BCUT2D eigenvalue weighted by molar-refractivity contribution is -0.137. The van der Waals surface area contributed by atoms with Gasteiger partial charge >= 0.3 is 5.97 Å². The zero-order valence-electron chi connectivity index (χ0n) is 24.9. The van der Waals surface area contributed by atoms with E-state index in [2.05, 4.69) is 0 Å². The van der Waals surface area contributed by atoms with E-state index in [1.165, 1.54) is 6.08 Å². The zero-order valence-corrected chi connectivity index (χ0v) is 11.9. The number of rotatable bonds is 15. The molecule has 0 unspecified atom stereocenters. The molecule has 0 aliphatic heterocycles. The van der Waals surface area contributed by atoms with Crippen LogP contribution in [0.5, 0.6) is 0 Å². The smallest absolute Gasteiger partial charge is 0.303 e. The first-order chi connectivity index (χ1) is 14.7. The molecule has 0 atom stereocenters. The summed E-state index contributed by atoms with van der Waals surface area (Å²) in [6.45, 7) is -3.60. The summed E-state index contributed by atoms with van der Waals surface area (Å²) in [6, 6.07) is 0. The van der Waals surface area contributed by atoms with Crippen LogP contribution in [0.15, 0.2) is 12.2 Å². The fraction of sp³-hybridized carbons (Fsp3) is 0.833. The van der Waals surface area contributed by atoms with Gasteiger partial charge < -0.3 is 5.11 Å². The van der Waals surface area contributed by atoms with E-state index in [9.17, 15) is 4.79 Å². The maximum Gasteiger partial charge on any atom is 0.303 e. The van der Waals surface area contributed by atoms with Crippen molar-refractivity contribution in [2.45, 2.75) is 96.5 Å². The highest BCUT2D eigenvalue weighted by molar-refractivity contribution is 5.66. The van der Waals surface area contributed by atoms with Crippen LogP contribution in [-0.4, -0.2) is 11.1 Å². The summed E-state index contributed by atoms with van der Waals surface area (Å²) in [5.74, 6) is -0.814. The number of carbonyl (C=O) groups is 1. The highest BCUT2D eigenvalue weighted by Crippen LogP contribution is 2.10. The third-order valence-corrected chi connectivity index (χ3v) is 2.72. The van der Waals surface area contributed by atoms with Crippen LogP contribution in [-0.2, 0) is 4.79 Å². The Morgan fingerprint density at radius 2 is 1.70 bits per heavy atom. The van der Waals surface area contributed by atoms with Gasteiger partial charge in [0.25, 0.3) is 0 Å². The molecule has 0 heterocycles. The van der Waals surface area contributed by atoms with Crippen LogP contribution < -0.4 is 0 Å². The number of allylic oxidation sites excluding steroid dienone is 2. The van der Waals surface area contributed by atoms with Crippen molar-refractivity contribution in [3.63, 3.8) is 0 Å². The second-order valence-electron chi connectivity index (χ2n) is 4.45. The topological polar surface area (TPSA) is 37.3 Å². The van der Waals surface area contributed by atoms with Crippen LogP contribution in [0.3, 0.4) is 0 Å². The Morgan fingerprint density at radius 1 is 1.00 bits per heavy atom. The molecule has 0 spiro atoms. The second-order valence-corrected chi connectivity index (χ2v) is 4.45. The molecule has 0 amide bonds. The monoisotopic (exact) mass is 295 g/mol. The SMILES string of the molecule is [2H]C([2H])([2H])C([2H])([2H])C([2H])([2H])C([2H])([2H])C([2H])([2H])C([2H])([2H])/C=C/CCCCCCCCCC(=O)O. The molecular formula is C18H34O2. The second kappa shape index (κ2) is 16.3. The summed E-state index contributed by atoms with van der Waals surface area (Å²) in [4.78, 5) is 10.4. The van der Waals surface area contributed by atoms with Crippen molar-refractivity contribution in [1.29, 1.82) is 0 Å². The number of hydrogen-bond acceptors (Lipinski definition) is 1. The Kier molecular flexibility index (Phi) is 5.32. The molecule has 0 aromatic rings. The van der Waals surface area contributed by atoms with E-state index in [0.29, 0.717) is 19.3 Å². The van der Waals surface area contributed by atoms with Crippen LogP contribution in [0.2, 0.25) is 0 Å². The van der Waals surface area contributed by atoms with E-state index in [4.69, 9.17) is 22.9 Å². The Morgan fingerprint density at radius 3 is 2.40 bits per heavy atom. The summed E-state index contributed by atoms with van der Waals surface area (Å²) in [5, 5.41) is 8.56. The van der Waals surface area contributed by atoms with Crippen molar-refractivity contribution in [2.75, 3.05) is 0 Å². The van der Waals surface area contributed by atoms with Crippen molar-refractivity contribution in [3.8, 4) is 0 Å². The molecule has 1 N–H and O–H groups in total. The van der Waals surface area contributed by atoms with Crippen LogP contribution in [0.4, 0.5) is 0 Å². The number of hydrogen-bond donors (Lipinski definition) is 1. The van der Waals surface area contributed by atoms with Crippen LogP contribution in [0.1, 0.15) is 114 Å². The summed E-state index contributed by atoms with van der Waals surface area (Å²) >= 11 is 0. The van der Waals surface area contributed by atoms with Gasteiger partial charge in [0.15, 0.2) is 0 Å². The van der Waals surface area contributed by atoms with Gasteiger partial charge in [0, 0.05) is 24.2 Å². The third-order valence-electron chi connectivity index (χ3n) is 2.72. The van der Waals surface area contributed by atoms with Gasteiger partial charge in [-0.05, 0) is 32.0 Å². The Hall–Kier alpha value is -0.790. The van der Waals surface area contributed by atoms with E-state index < -0.39 is 44.7 Å². The first kappa shape index (κ1) is 6.54. The maximum atomic E-state index is 10.4. The lowest BCUT2D eigenvalue weighted by atomic mass is 10.1. The first-order valence-corrected chi connectivity index (χ1v) is 7.06. The van der Waals surface area contributed by atoms with Crippen molar-refractivity contribution in [3.05, 3.63) is 12.2 Å². The van der Waals surface area contributed by atoms with E-state index in [-0.39, 0.29) is 6.42 Å². The standard InChI is InChI=1S/C18H34O2/c1-2-3-4-5-6-7-8-9-10-11-12-13-14-15-16-17-18(19)20/h7-8H,2-6,9-17H2,1H3,(H,19,20)/b8-7+/i1D3,2D2,3D2,4D2,5D2,6D2. The molecule has 0 radical (unpaired) electrons. The molecule has 0 aliphatic rings. The number of carboxylic acid groups (broad SMARTS) is 1. The quantitative estimate of drug-likeness (QED) is 0.292. The van der Waals surface area contributed by atoms with Crippen LogP contribution in [0.25, 0.3) is 0 Å². The van der Waals surface area contributed by atoms with Gasteiger partial charge in [0.1, 0.15) is 0 Å². The summed E-state index contributed by atoms with van der Waals surface area (Å²) in [6.07, 6.45) is -9.85. The molecule has 0 rings (SSSR count). The molecule has 20 heavy (non-hydrogen) atoms. The minimum atomic E-state index is -3.87. The van der Waals surface area contributed by atoms with Crippen molar-refractivity contribution in [2.24, 2.45) is 0 Å². The molecular weight excluding hydrogens is 248 g/mol. The van der Waals surface area contributed by atoms with E-state index in [0.717, 1.165) is 38.2 Å². The normalized spacial score (nSPS) is 25.1. The third kappa shape index (κ3) is 17.2. The summed E-state index contributed by atoms with van der Waals surface area (Å²) in [7, 11) is 0. The highest BCUT2D eigenvalue weighted by atomic mass is 16.4. The van der Waals surface area contributed by atoms with Gasteiger partial charge in [0.05, 0.1) is 0 Å². The Bertz CT molecular complexity index is 654. The average Bonchev–Trinajstić information content (AvgIpc) is 2.64. The van der Waals surface area contributed by atoms with E-state index >= 15 is 0 Å².